The molecule has 0 radical (unpaired) electrons. The first-order valence-electron chi connectivity index (χ1n) is 7.83. The van der Waals surface area contributed by atoms with Gasteiger partial charge < -0.3 is 14.2 Å². The summed E-state index contributed by atoms with van der Waals surface area (Å²) in [5.74, 6) is 2.37. The topological polar surface area (TPSA) is 64.1 Å². The SMILES string of the molecule is COc1ccc(N=C2NNC(c3ccc4c(c3)OCCO4)=CS2)cc1. The lowest BCUT2D eigenvalue weighted by Crippen LogP contribution is -2.36. The van der Waals surface area contributed by atoms with Crippen molar-refractivity contribution >= 4 is 28.3 Å². The molecular weight excluding hydrogens is 338 g/mol. The van der Waals surface area contributed by atoms with E-state index < -0.39 is 0 Å². The third kappa shape index (κ3) is 3.51. The van der Waals surface area contributed by atoms with Crippen molar-refractivity contribution in [2.75, 3.05) is 20.3 Å². The van der Waals surface area contributed by atoms with Crippen LogP contribution in [0.1, 0.15) is 5.56 Å². The van der Waals surface area contributed by atoms with Crippen LogP contribution >= 0.6 is 11.8 Å². The quantitative estimate of drug-likeness (QED) is 0.881. The minimum absolute atomic E-state index is 0.578. The molecule has 25 heavy (non-hydrogen) atoms. The predicted molar refractivity (Wildman–Crippen MR) is 99.4 cm³/mol. The molecule has 2 N–H and O–H groups in total. The van der Waals surface area contributed by atoms with Crippen molar-refractivity contribution in [3.8, 4) is 17.2 Å². The lowest BCUT2D eigenvalue weighted by molar-refractivity contribution is 0.171. The number of rotatable bonds is 3. The number of methoxy groups -OCH3 is 1. The zero-order valence-electron chi connectivity index (χ0n) is 13.6. The van der Waals surface area contributed by atoms with E-state index in [0.29, 0.717) is 13.2 Å². The van der Waals surface area contributed by atoms with E-state index >= 15 is 0 Å². The highest BCUT2D eigenvalue weighted by molar-refractivity contribution is 8.16. The van der Waals surface area contributed by atoms with Crippen molar-refractivity contribution < 1.29 is 14.2 Å². The van der Waals surface area contributed by atoms with Crippen LogP contribution in [0.5, 0.6) is 17.2 Å². The number of benzene rings is 2. The average Bonchev–Trinajstić information content (AvgIpc) is 2.69. The molecule has 2 aliphatic heterocycles. The van der Waals surface area contributed by atoms with Crippen molar-refractivity contribution in [2.45, 2.75) is 0 Å². The summed E-state index contributed by atoms with van der Waals surface area (Å²) in [5, 5.41) is 2.79. The number of hydrazine groups is 1. The first-order chi connectivity index (χ1) is 12.3. The van der Waals surface area contributed by atoms with Gasteiger partial charge in [-0.3, -0.25) is 10.9 Å². The minimum Gasteiger partial charge on any atom is -0.497 e. The van der Waals surface area contributed by atoms with E-state index in [1.807, 2.05) is 47.9 Å². The predicted octanol–water partition coefficient (Wildman–Crippen LogP) is 3.29. The Kier molecular flexibility index (Phi) is 4.39. The summed E-state index contributed by atoms with van der Waals surface area (Å²) < 4.78 is 16.3. The second-order valence-corrected chi connectivity index (χ2v) is 6.23. The zero-order chi connectivity index (χ0) is 17.1. The fourth-order valence-corrected chi connectivity index (χ4v) is 3.17. The van der Waals surface area contributed by atoms with Crippen molar-refractivity contribution in [1.29, 1.82) is 0 Å². The molecule has 7 heteroatoms. The fraction of sp³-hybridized carbons (Fsp3) is 0.167. The Hall–Kier alpha value is -2.80. The van der Waals surface area contributed by atoms with E-state index in [1.165, 1.54) is 11.8 Å². The van der Waals surface area contributed by atoms with Crippen LogP contribution in [0.2, 0.25) is 0 Å². The normalized spacial score (nSPS) is 17.3. The lowest BCUT2D eigenvalue weighted by Gasteiger charge is -2.22. The molecule has 0 spiro atoms. The minimum atomic E-state index is 0.578. The number of ether oxygens (including phenoxy) is 3. The number of aliphatic imine (C=N–C) groups is 1. The Labute approximate surface area is 149 Å². The lowest BCUT2D eigenvalue weighted by atomic mass is 10.1. The van der Waals surface area contributed by atoms with Gasteiger partial charge >= 0.3 is 0 Å². The number of nitrogens with zero attached hydrogens (tertiary/aromatic N) is 1. The Morgan fingerprint density at radius 1 is 1.00 bits per heavy atom. The maximum atomic E-state index is 5.63. The van der Waals surface area contributed by atoms with Gasteiger partial charge in [0.25, 0.3) is 0 Å². The number of thioether (sulfide) groups is 1. The Morgan fingerprint density at radius 2 is 1.80 bits per heavy atom. The van der Waals surface area contributed by atoms with Crippen molar-refractivity contribution in [3.05, 3.63) is 53.4 Å². The average molecular weight is 355 g/mol. The summed E-state index contributed by atoms with van der Waals surface area (Å²) in [6.07, 6.45) is 0. The third-order valence-corrected chi connectivity index (χ3v) is 4.52. The molecule has 0 aliphatic carbocycles. The smallest absolute Gasteiger partial charge is 0.184 e. The van der Waals surface area contributed by atoms with Gasteiger partial charge in [0, 0.05) is 11.0 Å². The van der Waals surface area contributed by atoms with Crippen molar-refractivity contribution in [1.82, 2.24) is 10.9 Å². The molecule has 4 rings (SSSR count). The monoisotopic (exact) mass is 355 g/mol. The van der Waals surface area contributed by atoms with Gasteiger partial charge in [-0.15, -0.1) is 0 Å². The fourth-order valence-electron chi connectivity index (χ4n) is 2.47. The second-order valence-electron chi connectivity index (χ2n) is 5.37. The van der Waals surface area contributed by atoms with Crippen LogP contribution in [-0.2, 0) is 0 Å². The van der Waals surface area contributed by atoms with E-state index in [9.17, 15) is 0 Å². The number of nitrogens with one attached hydrogen (secondary N) is 2. The second kappa shape index (κ2) is 6.98. The highest BCUT2D eigenvalue weighted by atomic mass is 32.2. The van der Waals surface area contributed by atoms with Crippen LogP contribution in [0.3, 0.4) is 0 Å². The van der Waals surface area contributed by atoms with Gasteiger partial charge in [0.05, 0.1) is 18.5 Å². The van der Waals surface area contributed by atoms with Crippen molar-refractivity contribution in [3.63, 3.8) is 0 Å². The summed E-state index contributed by atoms with van der Waals surface area (Å²) in [6.45, 7) is 1.17. The summed E-state index contributed by atoms with van der Waals surface area (Å²) in [5.41, 5.74) is 9.12. The molecule has 2 aliphatic rings. The molecule has 2 aromatic carbocycles. The van der Waals surface area contributed by atoms with Crippen LogP contribution in [0.15, 0.2) is 52.9 Å². The highest BCUT2D eigenvalue weighted by Crippen LogP contribution is 2.33. The van der Waals surface area contributed by atoms with Gasteiger partial charge in [0.2, 0.25) is 0 Å². The number of hydrogen-bond donors (Lipinski definition) is 2. The first kappa shape index (κ1) is 15.7. The Bertz CT molecular complexity index is 834. The van der Waals surface area contributed by atoms with Crippen LogP contribution in [0.4, 0.5) is 5.69 Å². The van der Waals surface area contributed by atoms with Gasteiger partial charge in [0.1, 0.15) is 19.0 Å². The summed E-state index contributed by atoms with van der Waals surface area (Å²) >= 11 is 1.52. The molecule has 0 atom stereocenters. The third-order valence-electron chi connectivity index (χ3n) is 3.75. The van der Waals surface area contributed by atoms with Crippen LogP contribution in [-0.4, -0.2) is 25.5 Å². The maximum Gasteiger partial charge on any atom is 0.184 e. The van der Waals surface area contributed by atoms with Gasteiger partial charge in [-0.2, -0.15) is 0 Å². The largest absolute Gasteiger partial charge is 0.497 e. The van der Waals surface area contributed by atoms with Gasteiger partial charge in [0.15, 0.2) is 16.7 Å². The van der Waals surface area contributed by atoms with Crippen LogP contribution < -0.4 is 25.1 Å². The Balaban J connectivity index is 1.49. The van der Waals surface area contributed by atoms with E-state index in [2.05, 4.69) is 15.8 Å². The van der Waals surface area contributed by atoms with E-state index in [4.69, 9.17) is 14.2 Å². The standard InChI is InChI=1S/C18H17N3O3S/c1-22-14-5-3-13(4-6-14)19-18-21-20-15(11-25-18)12-2-7-16-17(10-12)24-9-8-23-16/h2-7,10-11,20H,8-9H2,1H3,(H,19,21). The number of hydrogen-bond acceptors (Lipinski definition) is 6. The molecule has 0 unspecified atom stereocenters. The van der Waals surface area contributed by atoms with Gasteiger partial charge in [-0.1, -0.05) is 11.8 Å². The van der Waals surface area contributed by atoms with E-state index in [0.717, 1.165) is 39.4 Å². The highest BCUT2D eigenvalue weighted by Gasteiger charge is 2.15. The molecule has 128 valence electrons. The molecule has 0 fully saturated rings. The molecule has 2 aromatic rings. The van der Waals surface area contributed by atoms with Gasteiger partial charge in [-0.25, -0.2) is 4.99 Å². The summed E-state index contributed by atoms with van der Waals surface area (Å²) in [4.78, 5) is 4.55. The number of fused-ring (bicyclic) bond motifs is 1. The van der Waals surface area contributed by atoms with Crippen LogP contribution in [0, 0.1) is 0 Å². The molecule has 6 nitrogen and oxygen atoms in total. The first-order valence-corrected chi connectivity index (χ1v) is 8.71. The molecule has 0 saturated carbocycles. The molecule has 0 amide bonds. The van der Waals surface area contributed by atoms with Gasteiger partial charge in [-0.05, 0) is 42.5 Å². The molecule has 0 bridgehead atoms. The zero-order valence-corrected chi connectivity index (χ0v) is 14.4. The van der Waals surface area contributed by atoms with E-state index in [1.54, 1.807) is 7.11 Å². The van der Waals surface area contributed by atoms with Crippen molar-refractivity contribution in [2.24, 2.45) is 4.99 Å². The Morgan fingerprint density at radius 3 is 2.52 bits per heavy atom. The van der Waals surface area contributed by atoms with E-state index in [-0.39, 0.29) is 0 Å². The molecule has 0 saturated heterocycles. The summed E-state index contributed by atoms with van der Waals surface area (Å²) in [6, 6.07) is 13.5. The molecular formula is C18H17N3O3S. The molecule has 0 aromatic heterocycles. The summed E-state index contributed by atoms with van der Waals surface area (Å²) in [7, 11) is 1.65. The number of amidine groups is 1. The van der Waals surface area contributed by atoms with Crippen LogP contribution in [0.25, 0.3) is 5.70 Å². The maximum absolute atomic E-state index is 5.63. The molecule has 2 heterocycles.